The fourth-order valence-electron chi connectivity index (χ4n) is 2.56. The number of aryl methyl sites for hydroxylation is 3. The zero-order valence-electron chi connectivity index (χ0n) is 11.1. The highest BCUT2D eigenvalue weighted by Crippen LogP contribution is 2.29. The van der Waals surface area contributed by atoms with Gasteiger partial charge in [0.05, 0.1) is 0 Å². The Hall–Kier alpha value is -1.76. The van der Waals surface area contributed by atoms with Crippen LogP contribution in [0.5, 0.6) is 0 Å². The van der Waals surface area contributed by atoms with Crippen LogP contribution in [0, 0.1) is 13.8 Å². The molecule has 2 aromatic carbocycles. The van der Waals surface area contributed by atoms with Gasteiger partial charge in [-0.2, -0.15) is 0 Å². The molecule has 0 aromatic heterocycles. The molecule has 1 aliphatic rings. The molecule has 0 unspecified atom stereocenters. The second-order valence-corrected chi connectivity index (χ2v) is 5.20. The van der Waals surface area contributed by atoms with Crippen molar-refractivity contribution < 1.29 is 0 Å². The SMILES string of the molecule is Cc1ccc(-c2ccc3c(c2)NCCC3)cc1C. The Morgan fingerprint density at radius 3 is 2.50 bits per heavy atom. The van der Waals surface area contributed by atoms with Gasteiger partial charge in [0.1, 0.15) is 0 Å². The molecule has 0 saturated carbocycles. The normalized spacial score (nSPS) is 13.9. The molecule has 0 amide bonds. The number of hydrogen-bond acceptors (Lipinski definition) is 1. The summed E-state index contributed by atoms with van der Waals surface area (Å²) in [6.07, 6.45) is 2.45. The summed E-state index contributed by atoms with van der Waals surface area (Å²) in [4.78, 5) is 0. The lowest BCUT2D eigenvalue weighted by Gasteiger charge is -2.19. The zero-order valence-corrected chi connectivity index (χ0v) is 11.1. The highest BCUT2D eigenvalue weighted by atomic mass is 14.9. The molecule has 1 heterocycles. The van der Waals surface area contributed by atoms with Crippen LogP contribution in [0.4, 0.5) is 5.69 Å². The molecule has 3 rings (SSSR count). The van der Waals surface area contributed by atoms with Gasteiger partial charge in [-0.15, -0.1) is 0 Å². The average Bonchev–Trinajstić information content (AvgIpc) is 2.41. The van der Waals surface area contributed by atoms with Crippen molar-refractivity contribution in [3.8, 4) is 11.1 Å². The molecule has 0 saturated heterocycles. The Kier molecular flexibility index (Phi) is 2.83. The smallest absolute Gasteiger partial charge is 0.0378 e. The molecule has 0 radical (unpaired) electrons. The van der Waals surface area contributed by atoms with Gasteiger partial charge >= 0.3 is 0 Å². The van der Waals surface area contributed by atoms with E-state index in [1.54, 1.807) is 0 Å². The maximum Gasteiger partial charge on any atom is 0.0378 e. The second kappa shape index (κ2) is 4.49. The van der Waals surface area contributed by atoms with Crippen LogP contribution in [0.2, 0.25) is 0 Å². The van der Waals surface area contributed by atoms with Crippen molar-refractivity contribution in [3.63, 3.8) is 0 Å². The summed E-state index contributed by atoms with van der Waals surface area (Å²) in [5, 5.41) is 3.50. The molecule has 0 spiro atoms. The van der Waals surface area contributed by atoms with Crippen molar-refractivity contribution in [2.75, 3.05) is 11.9 Å². The van der Waals surface area contributed by atoms with Gasteiger partial charge in [0, 0.05) is 12.2 Å². The lowest BCUT2D eigenvalue weighted by atomic mass is 9.96. The number of hydrogen-bond donors (Lipinski definition) is 1. The molecule has 0 fully saturated rings. The Morgan fingerprint density at radius 1 is 0.889 bits per heavy atom. The van der Waals surface area contributed by atoms with Crippen molar-refractivity contribution >= 4 is 5.69 Å². The number of rotatable bonds is 1. The van der Waals surface area contributed by atoms with Gasteiger partial charge in [-0.3, -0.25) is 0 Å². The first-order valence-corrected chi connectivity index (χ1v) is 6.68. The van der Waals surface area contributed by atoms with Gasteiger partial charge in [0.2, 0.25) is 0 Å². The van der Waals surface area contributed by atoms with Crippen molar-refractivity contribution in [1.29, 1.82) is 0 Å². The van der Waals surface area contributed by atoms with Crippen LogP contribution in [-0.4, -0.2) is 6.54 Å². The number of fused-ring (bicyclic) bond motifs is 1. The predicted octanol–water partition coefficient (Wildman–Crippen LogP) is 4.33. The molecule has 18 heavy (non-hydrogen) atoms. The van der Waals surface area contributed by atoms with Gasteiger partial charge in [-0.1, -0.05) is 30.3 Å². The Bertz CT molecular complexity index is 584. The van der Waals surface area contributed by atoms with E-state index in [4.69, 9.17) is 0 Å². The van der Waals surface area contributed by atoms with E-state index in [2.05, 4.69) is 55.6 Å². The molecule has 1 nitrogen and oxygen atoms in total. The summed E-state index contributed by atoms with van der Waals surface area (Å²) in [6, 6.07) is 13.5. The van der Waals surface area contributed by atoms with E-state index in [0.717, 1.165) is 6.54 Å². The second-order valence-electron chi connectivity index (χ2n) is 5.20. The van der Waals surface area contributed by atoms with Crippen molar-refractivity contribution in [2.45, 2.75) is 26.7 Å². The van der Waals surface area contributed by atoms with Gasteiger partial charge < -0.3 is 5.32 Å². The molecular weight excluding hydrogens is 218 g/mol. The molecule has 92 valence electrons. The maximum absolute atomic E-state index is 3.50. The summed E-state index contributed by atoms with van der Waals surface area (Å²) in [5.41, 5.74) is 8.11. The molecule has 0 bridgehead atoms. The molecule has 1 heteroatoms. The van der Waals surface area contributed by atoms with E-state index in [-0.39, 0.29) is 0 Å². The zero-order chi connectivity index (χ0) is 12.5. The molecule has 0 aliphatic carbocycles. The third-order valence-electron chi connectivity index (χ3n) is 3.89. The van der Waals surface area contributed by atoms with Crippen LogP contribution < -0.4 is 5.32 Å². The molecule has 1 N–H and O–H groups in total. The molecular formula is C17H19N. The van der Waals surface area contributed by atoms with E-state index < -0.39 is 0 Å². The van der Waals surface area contributed by atoms with E-state index in [1.165, 1.54) is 46.3 Å². The fourth-order valence-corrected chi connectivity index (χ4v) is 2.56. The largest absolute Gasteiger partial charge is 0.385 e. The quantitative estimate of drug-likeness (QED) is 0.778. The molecule has 1 aliphatic heterocycles. The van der Waals surface area contributed by atoms with Crippen LogP contribution >= 0.6 is 0 Å². The van der Waals surface area contributed by atoms with Crippen molar-refractivity contribution in [1.82, 2.24) is 0 Å². The Balaban J connectivity index is 2.03. The summed E-state index contributed by atoms with van der Waals surface area (Å²) < 4.78 is 0. The van der Waals surface area contributed by atoms with Crippen molar-refractivity contribution in [3.05, 3.63) is 53.1 Å². The number of benzene rings is 2. The summed E-state index contributed by atoms with van der Waals surface area (Å²) in [5.74, 6) is 0. The van der Waals surface area contributed by atoms with Crippen LogP contribution in [0.25, 0.3) is 11.1 Å². The van der Waals surface area contributed by atoms with Crippen LogP contribution in [0.1, 0.15) is 23.1 Å². The minimum absolute atomic E-state index is 1.10. The standard InChI is InChI=1S/C17H19N/c1-12-5-6-15(10-13(12)2)16-8-7-14-4-3-9-18-17(14)11-16/h5-8,10-11,18H,3-4,9H2,1-2H3. The summed E-state index contributed by atoms with van der Waals surface area (Å²) >= 11 is 0. The van der Waals surface area contributed by atoms with Crippen LogP contribution in [0.15, 0.2) is 36.4 Å². The van der Waals surface area contributed by atoms with Gasteiger partial charge in [0.25, 0.3) is 0 Å². The first-order chi connectivity index (χ1) is 8.74. The maximum atomic E-state index is 3.50. The number of nitrogens with one attached hydrogen (secondary N) is 1. The minimum Gasteiger partial charge on any atom is -0.385 e. The van der Waals surface area contributed by atoms with Crippen LogP contribution in [0.3, 0.4) is 0 Å². The first kappa shape index (κ1) is 11.3. The van der Waals surface area contributed by atoms with E-state index in [9.17, 15) is 0 Å². The lowest BCUT2D eigenvalue weighted by molar-refractivity contribution is 0.830. The van der Waals surface area contributed by atoms with Gasteiger partial charge in [-0.05, 0) is 60.6 Å². The van der Waals surface area contributed by atoms with Gasteiger partial charge in [0.15, 0.2) is 0 Å². The molecule has 0 atom stereocenters. The van der Waals surface area contributed by atoms with Crippen LogP contribution in [-0.2, 0) is 6.42 Å². The Morgan fingerprint density at radius 2 is 1.67 bits per heavy atom. The van der Waals surface area contributed by atoms with E-state index in [0.29, 0.717) is 0 Å². The molecule has 2 aromatic rings. The number of anilines is 1. The highest BCUT2D eigenvalue weighted by Gasteiger charge is 2.09. The predicted molar refractivity (Wildman–Crippen MR) is 78.2 cm³/mol. The lowest BCUT2D eigenvalue weighted by Crippen LogP contribution is -2.11. The Labute approximate surface area is 109 Å². The summed E-state index contributed by atoms with van der Waals surface area (Å²) in [6.45, 7) is 5.44. The fraction of sp³-hybridized carbons (Fsp3) is 0.294. The first-order valence-electron chi connectivity index (χ1n) is 6.68. The topological polar surface area (TPSA) is 12.0 Å². The van der Waals surface area contributed by atoms with E-state index >= 15 is 0 Å². The third-order valence-corrected chi connectivity index (χ3v) is 3.89. The average molecular weight is 237 g/mol. The monoisotopic (exact) mass is 237 g/mol. The van der Waals surface area contributed by atoms with Crippen molar-refractivity contribution in [2.24, 2.45) is 0 Å². The summed E-state index contributed by atoms with van der Waals surface area (Å²) in [7, 11) is 0. The van der Waals surface area contributed by atoms with Gasteiger partial charge in [-0.25, -0.2) is 0 Å². The third kappa shape index (κ3) is 2.01. The van der Waals surface area contributed by atoms with E-state index in [1.807, 2.05) is 0 Å². The highest BCUT2D eigenvalue weighted by molar-refractivity contribution is 5.71. The minimum atomic E-state index is 1.10.